The molecule has 0 atom stereocenters. The van der Waals surface area contributed by atoms with Gasteiger partial charge in [0.05, 0.1) is 0 Å². The molecule has 0 aliphatic heterocycles. The molecule has 3 aromatic rings. The third-order valence-electron chi connectivity index (χ3n) is 6.21. The van der Waals surface area contributed by atoms with E-state index in [0.29, 0.717) is 5.92 Å². The Bertz CT molecular complexity index is 885. The van der Waals surface area contributed by atoms with Crippen molar-refractivity contribution in [3.05, 3.63) is 60.3 Å². The maximum atomic E-state index is 4.76. The SMILES string of the molecule is C[CH2][Ge]([CH2]C)([CH2]C)[c]1ccnc(-c2cc(C(C)C)c3ccccc3c2)c1. The Morgan fingerprint density at radius 2 is 1.58 bits per heavy atom. The fourth-order valence-corrected chi connectivity index (χ4v) is 11.8. The van der Waals surface area contributed by atoms with Crippen LogP contribution in [0.5, 0.6) is 0 Å². The summed E-state index contributed by atoms with van der Waals surface area (Å²) < 4.78 is 1.61. The Labute approximate surface area is 161 Å². The summed E-state index contributed by atoms with van der Waals surface area (Å²) in [7, 11) is 0. The first-order chi connectivity index (χ1) is 12.5. The van der Waals surface area contributed by atoms with E-state index in [2.05, 4.69) is 83.1 Å². The van der Waals surface area contributed by atoms with Gasteiger partial charge in [-0.25, -0.2) is 0 Å². The molecule has 0 N–H and O–H groups in total. The standard InChI is InChI=1S/C24H31GeN/c1-6-25(7-2,8-3)21-13-14-26-24(17-21)20-15-19-11-9-10-12-22(19)23(16-20)18(4)5/h9-18H,6-8H2,1-5H3. The summed E-state index contributed by atoms with van der Waals surface area (Å²) in [6.45, 7) is 11.7. The first-order valence-corrected chi connectivity index (χ1v) is 15.5. The van der Waals surface area contributed by atoms with Crippen LogP contribution >= 0.6 is 0 Å². The van der Waals surface area contributed by atoms with E-state index in [4.69, 9.17) is 4.98 Å². The zero-order valence-corrected chi connectivity index (χ0v) is 18.9. The fraction of sp³-hybridized carbons (Fsp3) is 0.375. The number of fused-ring (bicyclic) bond motifs is 1. The third-order valence-corrected chi connectivity index (χ3v) is 18.0. The van der Waals surface area contributed by atoms with Crippen LogP contribution in [0.15, 0.2) is 54.7 Å². The molecule has 2 heteroatoms. The Balaban J connectivity index is 2.17. The van der Waals surface area contributed by atoms with Gasteiger partial charge in [-0.2, -0.15) is 0 Å². The van der Waals surface area contributed by atoms with Crippen LogP contribution in [0.2, 0.25) is 15.8 Å². The van der Waals surface area contributed by atoms with Crippen LogP contribution in [-0.4, -0.2) is 18.3 Å². The molecule has 1 heterocycles. The van der Waals surface area contributed by atoms with Gasteiger partial charge in [-0.3, -0.25) is 0 Å². The van der Waals surface area contributed by atoms with E-state index in [1.54, 1.807) is 4.40 Å². The molecule has 26 heavy (non-hydrogen) atoms. The summed E-state index contributed by atoms with van der Waals surface area (Å²) in [5.74, 6) is 0.502. The number of rotatable bonds is 6. The van der Waals surface area contributed by atoms with Crippen LogP contribution in [0.1, 0.15) is 46.1 Å². The second kappa shape index (κ2) is 7.96. The van der Waals surface area contributed by atoms with Gasteiger partial charge in [-0.05, 0) is 0 Å². The van der Waals surface area contributed by atoms with Crippen LogP contribution < -0.4 is 4.40 Å². The second-order valence-electron chi connectivity index (χ2n) is 7.71. The summed E-state index contributed by atoms with van der Waals surface area (Å²) in [6.07, 6.45) is 2.04. The average Bonchev–Trinajstić information content (AvgIpc) is 2.69. The molecular weight excluding hydrogens is 375 g/mol. The van der Waals surface area contributed by atoms with Crippen LogP contribution in [0.3, 0.4) is 0 Å². The minimum absolute atomic E-state index is 0.502. The number of hydrogen-bond donors (Lipinski definition) is 0. The summed E-state index contributed by atoms with van der Waals surface area (Å²) in [5, 5.41) is 6.74. The average molecular weight is 406 g/mol. The van der Waals surface area contributed by atoms with E-state index in [1.165, 1.54) is 37.7 Å². The van der Waals surface area contributed by atoms with E-state index < -0.39 is 13.3 Å². The van der Waals surface area contributed by atoms with Gasteiger partial charge in [0.15, 0.2) is 0 Å². The summed E-state index contributed by atoms with van der Waals surface area (Å²) in [6, 6.07) is 18.1. The molecule has 0 saturated heterocycles. The number of hydrogen-bond acceptors (Lipinski definition) is 1. The molecule has 1 nitrogen and oxygen atoms in total. The normalized spacial score (nSPS) is 12.1. The molecule has 0 aliphatic rings. The molecule has 2 aromatic carbocycles. The van der Waals surface area contributed by atoms with Crippen molar-refractivity contribution in [2.45, 2.75) is 56.3 Å². The molecule has 0 aliphatic carbocycles. The van der Waals surface area contributed by atoms with Crippen LogP contribution in [0.25, 0.3) is 22.0 Å². The second-order valence-corrected chi connectivity index (χ2v) is 18.7. The molecule has 0 bridgehead atoms. The fourth-order valence-electron chi connectivity index (χ4n) is 4.25. The molecule has 0 saturated carbocycles. The molecule has 0 unspecified atom stereocenters. The number of benzene rings is 2. The van der Waals surface area contributed by atoms with Crippen molar-refractivity contribution in [1.29, 1.82) is 0 Å². The number of nitrogens with zero attached hydrogens (tertiary/aromatic N) is 1. The molecule has 1 aromatic heterocycles. The topological polar surface area (TPSA) is 12.9 Å². The van der Waals surface area contributed by atoms with Crippen molar-refractivity contribution in [2.24, 2.45) is 0 Å². The molecular formula is C24H31GeN. The molecule has 0 radical (unpaired) electrons. The molecule has 0 spiro atoms. The van der Waals surface area contributed by atoms with E-state index in [9.17, 15) is 0 Å². The van der Waals surface area contributed by atoms with Crippen molar-refractivity contribution < 1.29 is 0 Å². The van der Waals surface area contributed by atoms with Gasteiger partial charge >= 0.3 is 161 Å². The Kier molecular flexibility index (Phi) is 5.87. The zero-order valence-electron chi connectivity index (χ0n) is 16.8. The Hall–Kier alpha value is -1.61. The van der Waals surface area contributed by atoms with Crippen molar-refractivity contribution in [1.82, 2.24) is 4.98 Å². The van der Waals surface area contributed by atoms with Gasteiger partial charge in [0.25, 0.3) is 0 Å². The van der Waals surface area contributed by atoms with Gasteiger partial charge in [0, 0.05) is 0 Å². The first kappa shape index (κ1) is 19.2. The van der Waals surface area contributed by atoms with Gasteiger partial charge in [0.1, 0.15) is 0 Å². The van der Waals surface area contributed by atoms with Crippen molar-refractivity contribution >= 4 is 28.4 Å². The number of aromatic nitrogens is 1. The third kappa shape index (κ3) is 3.46. The predicted octanol–water partition coefficient (Wildman–Crippen LogP) is 6.74. The number of pyridine rings is 1. The van der Waals surface area contributed by atoms with Gasteiger partial charge < -0.3 is 0 Å². The molecule has 0 amide bonds. The van der Waals surface area contributed by atoms with Crippen LogP contribution in [0, 0.1) is 0 Å². The van der Waals surface area contributed by atoms with Crippen LogP contribution in [0.4, 0.5) is 0 Å². The van der Waals surface area contributed by atoms with Crippen LogP contribution in [-0.2, 0) is 0 Å². The van der Waals surface area contributed by atoms with Crippen molar-refractivity contribution in [3.63, 3.8) is 0 Å². The van der Waals surface area contributed by atoms with E-state index in [-0.39, 0.29) is 0 Å². The molecule has 3 rings (SSSR count). The summed E-state index contributed by atoms with van der Waals surface area (Å²) >= 11 is -1.96. The maximum absolute atomic E-state index is 4.76. The van der Waals surface area contributed by atoms with Gasteiger partial charge in [-0.15, -0.1) is 0 Å². The minimum atomic E-state index is -1.96. The predicted molar refractivity (Wildman–Crippen MR) is 118 cm³/mol. The zero-order chi connectivity index (χ0) is 18.7. The van der Waals surface area contributed by atoms with Crippen molar-refractivity contribution in [2.75, 3.05) is 0 Å². The van der Waals surface area contributed by atoms with Crippen molar-refractivity contribution in [3.8, 4) is 11.3 Å². The molecule has 0 fully saturated rings. The monoisotopic (exact) mass is 407 g/mol. The van der Waals surface area contributed by atoms with Gasteiger partial charge in [0.2, 0.25) is 0 Å². The van der Waals surface area contributed by atoms with Gasteiger partial charge in [-0.1, -0.05) is 0 Å². The Morgan fingerprint density at radius 3 is 2.23 bits per heavy atom. The van der Waals surface area contributed by atoms with E-state index in [0.717, 1.165) is 5.69 Å². The quantitative estimate of drug-likeness (QED) is 0.413. The first-order valence-electron chi connectivity index (χ1n) is 10.0. The summed E-state index contributed by atoms with van der Waals surface area (Å²) in [5.41, 5.74) is 3.81. The van der Waals surface area contributed by atoms with E-state index in [1.807, 2.05) is 6.20 Å². The Morgan fingerprint density at radius 1 is 0.885 bits per heavy atom. The molecule has 136 valence electrons. The van der Waals surface area contributed by atoms with E-state index >= 15 is 0 Å². The summed E-state index contributed by atoms with van der Waals surface area (Å²) in [4.78, 5) is 4.76.